The monoisotopic (exact) mass is 341 g/mol. The molecule has 5 nitrogen and oxygen atoms in total. The third-order valence-corrected chi connectivity index (χ3v) is 5.67. The molecule has 6 heteroatoms. The van der Waals surface area contributed by atoms with Gasteiger partial charge in [-0.1, -0.05) is 0 Å². The van der Waals surface area contributed by atoms with Gasteiger partial charge in [-0.05, 0) is 0 Å². The average molecular weight is 340 g/mol. The number of rotatable bonds is 6. The van der Waals surface area contributed by atoms with Gasteiger partial charge in [0.15, 0.2) is 0 Å². The molecular formula is C14H15NO4Se. The van der Waals surface area contributed by atoms with E-state index in [1.54, 1.807) is 24.3 Å². The van der Waals surface area contributed by atoms with E-state index in [2.05, 4.69) is 0 Å². The first-order chi connectivity index (χ1) is 9.57. The minimum atomic E-state index is -1.11. The van der Waals surface area contributed by atoms with Crippen molar-refractivity contribution in [3.05, 3.63) is 35.4 Å². The molecule has 1 heterocycles. The van der Waals surface area contributed by atoms with Gasteiger partial charge < -0.3 is 0 Å². The van der Waals surface area contributed by atoms with Gasteiger partial charge in [-0.2, -0.15) is 0 Å². The van der Waals surface area contributed by atoms with E-state index in [-0.39, 0.29) is 15.0 Å². The van der Waals surface area contributed by atoms with E-state index < -0.39 is 23.8 Å². The van der Waals surface area contributed by atoms with Crippen LogP contribution in [0.2, 0.25) is 10.6 Å². The summed E-state index contributed by atoms with van der Waals surface area (Å²) in [6.07, 6.45) is 0.981. The molecule has 1 aliphatic heterocycles. The number of benzene rings is 1. The quantitative estimate of drug-likeness (QED) is 0.486. The van der Waals surface area contributed by atoms with Crippen LogP contribution in [0.4, 0.5) is 0 Å². The van der Waals surface area contributed by atoms with Crippen molar-refractivity contribution in [2.45, 2.75) is 30.0 Å². The van der Waals surface area contributed by atoms with Crippen LogP contribution in [-0.2, 0) is 4.79 Å². The molecule has 1 N–H and O–H groups in total. The second kappa shape index (κ2) is 6.20. The zero-order chi connectivity index (χ0) is 14.7. The molecule has 1 aromatic rings. The van der Waals surface area contributed by atoms with Gasteiger partial charge in [0.2, 0.25) is 0 Å². The van der Waals surface area contributed by atoms with Gasteiger partial charge in [0.25, 0.3) is 0 Å². The summed E-state index contributed by atoms with van der Waals surface area (Å²) in [5.41, 5.74) is 0.596. The van der Waals surface area contributed by atoms with E-state index in [9.17, 15) is 19.5 Å². The van der Waals surface area contributed by atoms with Crippen molar-refractivity contribution in [3.63, 3.8) is 0 Å². The van der Waals surface area contributed by atoms with E-state index in [4.69, 9.17) is 0 Å². The summed E-state index contributed by atoms with van der Waals surface area (Å²) in [7, 11) is 0. The number of aliphatic carboxylic acids is 1. The summed E-state index contributed by atoms with van der Waals surface area (Å²) in [5, 5.41) is 10.6. The van der Waals surface area contributed by atoms with E-state index in [0.29, 0.717) is 16.4 Å². The van der Waals surface area contributed by atoms with Gasteiger partial charge in [0.05, 0.1) is 0 Å². The zero-order valence-corrected chi connectivity index (χ0v) is 12.7. The van der Waals surface area contributed by atoms with Crippen molar-refractivity contribution in [3.8, 4) is 0 Å². The van der Waals surface area contributed by atoms with Crippen LogP contribution in [0.15, 0.2) is 24.3 Å². The fraction of sp³-hybridized carbons (Fsp3) is 0.357. The van der Waals surface area contributed by atoms with Crippen molar-refractivity contribution in [2.75, 3.05) is 0 Å². The number of hydrogen-bond acceptors (Lipinski definition) is 3. The Hall–Kier alpha value is -1.65. The molecule has 2 amide bonds. The van der Waals surface area contributed by atoms with Crippen LogP contribution in [0, 0.1) is 0 Å². The topological polar surface area (TPSA) is 74.7 Å². The first-order valence-electron chi connectivity index (χ1n) is 6.35. The van der Waals surface area contributed by atoms with E-state index in [1.165, 1.54) is 0 Å². The summed E-state index contributed by atoms with van der Waals surface area (Å²) < 4.78 is 0. The first kappa shape index (κ1) is 14.8. The molecule has 0 aromatic heterocycles. The van der Waals surface area contributed by atoms with Crippen molar-refractivity contribution in [1.29, 1.82) is 0 Å². The summed E-state index contributed by atoms with van der Waals surface area (Å²) in [4.78, 5) is 36.8. The molecule has 0 fully saturated rings. The second-order valence-corrected chi connectivity index (χ2v) is 6.87. The fourth-order valence-electron chi connectivity index (χ4n) is 2.09. The Kier molecular flexibility index (Phi) is 4.57. The number of carboxylic acids is 1. The first-order valence-corrected chi connectivity index (χ1v) is 8.77. The zero-order valence-electron chi connectivity index (χ0n) is 11.0. The number of nitrogens with zero attached hydrogens (tertiary/aromatic N) is 1. The summed E-state index contributed by atoms with van der Waals surface area (Å²) in [6.45, 7) is 2.03. The molecule has 0 saturated carbocycles. The van der Waals surface area contributed by atoms with Crippen molar-refractivity contribution in [2.24, 2.45) is 0 Å². The SMILES string of the molecule is CCC[Se]CC(C(=O)O)N1C(=O)c2ccccc2C1=O. The molecule has 1 atom stereocenters. The maximum atomic E-state index is 12.2. The standard InChI is InChI=1S/C14H15NO4Se/c1-2-7-20-8-11(14(18)19)15-12(16)9-5-3-4-6-10(9)13(15)17/h3-6,11H,2,7-8H2,1H3,(H,18,19). The van der Waals surface area contributed by atoms with Gasteiger partial charge in [0, 0.05) is 0 Å². The maximum absolute atomic E-state index is 12.2. The van der Waals surface area contributed by atoms with Crippen LogP contribution in [0.5, 0.6) is 0 Å². The van der Waals surface area contributed by atoms with E-state index in [0.717, 1.165) is 16.6 Å². The Morgan fingerprint density at radius 1 is 1.25 bits per heavy atom. The molecule has 0 bridgehead atoms. The fourth-order valence-corrected chi connectivity index (χ4v) is 4.12. The van der Waals surface area contributed by atoms with Crippen LogP contribution in [0.1, 0.15) is 34.1 Å². The van der Waals surface area contributed by atoms with Gasteiger partial charge in [-0.15, -0.1) is 0 Å². The number of hydrogen-bond donors (Lipinski definition) is 1. The Bertz CT molecular complexity index is 523. The van der Waals surface area contributed by atoms with Gasteiger partial charge in [-0.25, -0.2) is 0 Å². The van der Waals surface area contributed by atoms with Crippen molar-refractivity contribution in [1.82, 2.24) is 4.90 Å². The molecule has 20 heavy (non-hydrogen) atoms. The Morgan fingerprint density at radius 3 is 2.25 bits per heavy atom. The number of carbonyl (C=O) groups is 3. The van der Waals surface area contributed by atoms with E-state index >= 15 is 0 Å². The molecular weight excluding hydrogens is 325 g/mol. The summed E-state index contributed by atoms with van der Waals surface area (Å²) in [5.74, 6) is -2.10. The van der Waals surface area contributed by atoms with E-state index in [1.807, 2.05) is 6.92 Å². The third kappa shape index (κ3) is 2.62. The van der Waals surface area contributed by atoms with Crippen molar-refractivity contribution < 1.29 is 19.5 Å². The predicted molar refractivity (Wildman–Crippen MR) is 74.0 cm³/mol. The predicted octanol–water partition coefficient (Wildman–Crippen LogP) is 1.69. The van der Waals surface area contributed by atoms with Crippen LogP contribution in [0.25, 0.3) is 0 Å². The number of carboxylic acid groups (broad SMARTS) is 1. The molecule has 0 saturated heterocycles. The van der Waals surface area contributed by atoms with Crippen LogP contribution >= 0.6 is 0 Å². The summed E-state index contributed by atoms with van der Waals surface area (Å²) in [6, 6.07) is 5.42. The summed E-state index contributed by atoms with van der Waals surface area (Å²) >= 11 is 0.118. The molecule has 1 unspecified atom stereocenters. The Morgan fingerprint density at radius 2 is 1.80 bits per heavy atom. The van der Waals surface area contributed by atoms with Gasteiger partial charge in [-0.3, -0.25) is 0 Å². The molecule has 0 spiro atoms. The molecule has 2 rings (SSSR count). The van der Waals surface area contributed by atoms with Crippen molar-refractivity contribution >= 4 is 32.7 Å². The molecule has 0 aliphatic carbocycles. The number of amides is 2. The molecule has 0 radical (unpaired) electrons. The molecule has 106 valence electrons. The third-order valence-electron chi connectivity index (χ3n) is 3.05. The molecule has 1 aromatic carbocycles. The van der Waals surface area contributed by atoms with Gasteiger partial charge >= 0.3 is 123 Å². The van der Waals surface area contributed by atoms with Crippen LogP contribution < -0.4 is 0 Å². The number of fused-ring (bicyclic) bond motifs is 1. The average Bonchev–Trinajstić information content (AvgIpc) is 2.68. The minimum absolute atomic E-state index is 0.118. The Balaban J connectivity index is 2.25. The Labute approximate surface area is 123 Å². The number of imide groups is 1. The normalized spacial score (nSPS) is 15.3. The second-order valence-electron chi connectivity index (χ2n) is 4.45. The number of carbonyl (C=O) groups excluding carboxylic acids is 2. The molecule has 1 aliphatic rings. The van der Waals surface area contributed by atoms with Crippen LogP contribution in [-0.4, -0.2) is 48.8 Å². The van der Waals surface area contributed by atoms with Crippen LogP contribution in [0.3, 0.4) is 0 Å². The van der Waals surface area contributed by atoms with Gasteiger partial charge in [0.1, 0.15) is 0 Å².